The van der Waals surface area contributed by atoms with Gasteiger partial charge >= 0.3 is 0 Å². The molecular formula is C11H15N. The Morgan fingerprint density at radius 2 is 1.83 bits per heavy atom. The summed E-state index contributed by atoms with van der Waals surface area (Å²) in [6.45, 7) is 9.91. The molecule has 1 heteroatoms. The first-order chi connectivity index (χ1) is 5.57. The maximum atomic E-state index is 5.92. The van der Waals surface area contributed by atoms with Gasteiger partial charge in [0.1, 0.15) is 0 Å². The van der Waals surface area contributed by atoms with Gasteiger partial charge in [0.2, 0.25) is 0 Å². The Bertz CT molecular complexity index is 324. The summed E-state index contributed by atoms with van der Waals surface area (Å²) >= 11 is 0. The van der Waals surface area contributed by atoms with Crippen LogP contribution >= 0.6 is 0 Å². The zero-order valence-corrected chi connectivity index (χ0v) is 7.94. The van der Waals surface area contributed by atoms with Crippen molar-refractivity contribution in [1.82, 2.24) is 0 Å². The van der Waals surface area contributed by atoms with Gasteiger partial charge in [0.05, 0.1) is 0 Å². The van der Waals surface area contributed by atoms with E-state index >= 15 is 0 Å². The first-order valence-electron chi connectivity index (χ1n) is 4.06. The van der Waals surface area contributed by atoms with E-state index in [2.05, 4.69) is 26.5 Å². The number of aryl methyl sites for hydroxylation is 2. The van der Waals surface area contributed by atoms with Gasteiger partial charge in [-0.3, -0.25) is 0 Å². The standard InChI is InChI=1S/C11H15N/c1-5-10-8(3)6-7(2)9(4)11(10)12/h5-6H,1,12H2,2-4H3. The molecule has 0 radical (unpaired) electrons. The fourth-order valence-corrected chi connectivity index (χ4v) is 1.41. The smallest absolute Gasteiger partial charge is 0.0422 e. The normalized spacial score (nSPS) is 9.92. The lowest BCUT2D eigenvalue weighted by molar-refractivity contribution is 1.29. The van der Waals surface area contributed by atoms with Gasteiger partial charge in [0, 0.05) is 5.69 Å². The van der Waals surface area contributed by atoms with Gasteiger partial charge in [0.25, 0.3) is 0 Å². The van der Waals surface area contributed by atoms with Crippen LogP contribution in [0.2, 0.25) is 0 Å². The number of anilines is 1. The molecule has 0 spiro atoms. The van der Waals surface area contributed by atoms with Crippen LogP contribution in [0.1, 0.15) is 22.3 Å². The largest absolute Gasteiger partial charge is 0.398 e. The van der Waals surface area contributed by atoms with Crippen LogP contribution in [0.3, 0.4) is 0 Å². The average Bonchev–Trinajstić information content (AvgIpc) is 2.01. The monoisotopic (exact) mass is 161 g/mol. The third-order valence-electron chi connectivity index (χ3n) is 2.35. The predicted molar refractivity (Wildman–Crippen MR) is 55.2 cm³/mol. The van der Waals surface area contributed by atoms with Crippen LogP contribution in [0.15, 0.2) is 12.6 Å². The van der Waals surface area contributed by atoms with Crippen LogP contribution < -0.4 is 5.73 Å². The molecule has 0 unspecified atom stereocenters. The quantitative estimate of drug-likeness (QED) is 0.630. The Labute approximate surface area is 73.9 Å². The zero-order chi connectivity index (χ0) is 9.30. The first-order valence-corrected chi connectivity index (χ1v) is 4.06. The molecular weight excluding hydrogens is 146 g/mol. The molecule has 0 fully saturated rings. The topological polar surface area (TPSA) is 26.0 Å². The molecule has 1 rings (SSSR count). The van der Waals surface area contributed by atoms with E-state index in [0.29, 0.717) is 0 Å². The molecule has 1 aromatic carbocycles. The molecule has 0 heterocycles. The maximum Gasteiger partial charge on any atom is 0.0422 e. The lowest BCUT2D eigenvalue weighted by atomic mass is 9.98. The van der Waals surface area contributed by atoms with E-state index in [1.807, 2.05) is 13.0 Å². The summed E-state index contributed by atoms with van der Waals surface area (Å²) < 4.78 is 0. The Hall–Kier alpha value is -1.24. The van der Waals surface area contributed by atoms with Crippen molar-refractivity contribution in [2.24, 2.45) is 0 Å². The highest BCUT2D eigenvalue weighted by Crippen LogP contribution is 2.24. The Kier molecular flexibility index (Phi) is 2.22. The number of hydrogen-bond acceptors (Lipinski definition) is 1. The summed E-state index contributed by atoms with van der Waals surface area (Å²) in [4.78, 5) is 0. The summed E-state index contributed by atoms with van der Waals surface area (Å²) in [5, 5.41) is 0. The lowest BCUT2D eigenvalue weighted by Crippen LogP contribution is -1.98. The van der Waals surface area contributed by atoms with Gasteiger partial charge in [-0.2, -0.15) is 0 Å². The highest BCUT2D eigenvalue weighted by atomic mass is 14.6. The lowest BCUT2D eigenvalue weighted by Gasteiger charge is -2.10. The highest BCUT2D eigenvalue weighted by Gasteiger charge is 2.04. The predicted octanol–water partition coefficient (Wildman–Crippen LogP) is 2.84. The van der Waals surface area contributed by atoms with E-state index in [-0.39, 0.29) is 0 Å². The summed E-state index contributed by atoms with van der Waals surface area (Å²) in [6.07, 6.45) is 1.82. The van der Waals surface area contributed by atoms with Crippen molar-refractivity contribution in [2.45, 2.75) is 20.8 Å². The summed E-state index contributed by atoms with van der Waals surface area (Å²) in [7, 11) is 0. The molecule has 0 atom stereocenters. The minimum Gasteiger partial charge on any atom is -0.398 e. The molecule has 2 N–H and O–H groups in total. The van der Waals surface area contributed by atoms with Crippen LogP contribution in [-0.4, -0.2) is 0 Å². The molecule has 0 aliphatic rings. The molecule has 0 aromatic heterocycles. The van der Waals surface area contributed by atoms with Crippen LogP contribution in [0.5, 0.6) is 0 Å². The molecule has 12 heavy (non-hydrogen) atoms. The molecule has 0 saturated heterocycles. The van der Waals surface area contributed by atoms with Gasteiger partial charge in [-0.15, -0.1) is 0 Å². The summed E-state index contributed by atoms with van der Waals surface area (Å²) in [5.41, 5.74) is 11.5. The fraction of sp³-hybridized carbons (Fsp3) is 0.273. The van der Waals surface area contributed by atoms with Gasteiger partial charge < -0.3 is 5.73 Å². The minimum atomic E-state index is 0.863. The fourth-order valence-electron chi connectivity index (χ4n) is 1.41. The zero-order valence-electron chi connectivity index (χ0n) is 7.94. The van der Waals surface area contributed by atoms with E-state index in [9.17, 15) is 0 Å². The van der Waals surface area contributed by atoms with Gasteiger partial charge in [-0.05, 0) is 43.0 Å². The molecule has 1 aromatic rings. The molecule has 0 bridgehead atoms. The van der Waals surface area contributed by atoms with Gasteiger partial charge in [0.15, 0.2) is 0 Å². The van der Waals surface area contributed by atoms with Crippen molar-refractivity contribution in [3.63, 3.8) is 0 Å². The molecule has 0 aliphatic heterocycles. The Morgan fingerprint density at radius 3 is 2.33 bits per heavy atom. The number of hydrogen-bond donors (Lipinski definition) is 1. The van der Waals surface area contributed by atoms with E-state index in [1.54, 1.807) is 0 Å². The molecule has 0 aliphatic carbocycles. The number of benzene rings is 1. The molecule has 0 amide bonds. The number of rotatable bonds is 1. The summed E-state index contributed by atoms with van der Waals surface area (Å²) in [6, 6.07) is 2.14. The number of nitrogen functional groups attached to an aromatic ring is 1. The van der Waals surface area contributed by atoms with Crippen molar-refractivity contribution >= 4 is 11.8 Å². The third kappa shape index (κ3) is 1.22. The molecule has 64 valence electrons. The van der Waals surface area contributed by atoms with Crippen LogP contribution in [-0.2, 0) is 0 Å². The van der Waals surface area contributed by atoms with Crippen molar-refractivity contribution < 1.29 is 0 Å². The third-order valence-corrected chi connectivity index (χ3v) is 2.35. The SMILES string of the molecule is C=Cc1c(C)cc(C)c(C)c1N. The van der Waals surface area contributed by atoms with Crippen LogP contribution in [0.25, 0.3) is 6.08 Å². The number of nitrogens with two attached hydrogens (primary N) is 1. The Morgan fingerprint density at radius 1 is 1.25 bits per heavy atom. The van der Waals surface area contributed by atoms with E-state index in [0.717, 1.165) is 16.8 Å². The second kappa shape index (κ2) is 3.02. The Balaban J connectivity index is 3.51. The second-order valence-corrected chi connectivity index (χ2v) is 3.17. The van der Waals surface area contributed by atoms with Crippen LogP contribution in [0.4, 0.5) is 5.69 Å². The van der Waals surface area contributed by atoms with Crippen molar-refractivity contribution in [3.8, 4) is 0 Å². The highest BCUT2D eigenvalue weighted by molar-refractivity contribution is 5.70. The first kappa shape index (κ1) is 8.85. The van der Waals surface area contributed by atoms with Crippen molar-refractivity contribution in [1.29, 1.82) is 0 Å². The van der Waals surface area contributed by atoms with Gasteiger partial charge in [-0.1, -0.05) is 18.7 Å². The van der Waals surface area contributed by atoms with E-state index in [1.165, 1.54) is 11.1 Å². The summed E-state index contributed by atoms with van der Waals surface area (Å²) in [5.74, 6) is 0. The molecule has 0 saturated carbocycles. The van der Waals surface area contributed by atoms with E-state index < -0.39 is 0 Å². The van der Waals surface area contributed by atoms with Crippen molar-refractivity contribution in [3.05, 3.63) is 34.9 Å². The second-order valence-electron chi connectivity index (χ2n) is 3.17. The average molecular weight is 161 g/mol. The van der Waals surface area contributed by atoms with Crippen LogP contribution in [0, 0.1) is 20.8 Å². The van der Waals surface area contributed by atoms with Crippen molar-refractivity contribution in [2.75, 3.05) is 5.73 Å². The minimum absolute atomic E-state index is 0.863. The molecule has 1 nitrogen and oxygen atoms in total. The van der Waals surface area contributed by atoms with E-state index in [4.69, 9.17) is 5.73 Å². The van der Waals surface area contributed by atoms with Gasteiger partial charge in [-0.25, -0.2) is 0 Å². The maximum absolute atomic E-state index is 5.92.